The van der Waals surface area contributed by atoms with E-state index in [0.717, 1.165) is 24.0 Å². The summed E-state index contributed by atoms with van der Waals surface area (Å²) in [6.07, 6.45) is 1.77. The minimum atomic E-state index is -3.49. The topological polar surface area (TPSA) is 75.3 Å². The van der Waals surface area contributed by atoms with Gasteiger partial charge in [0, 0.05) is 18.2 Å². The van der Waals surface area contributed by atoms with Gasteiger partial charge in [-0.15, -0.1) is 0 Å². The summed E-state index contributed by atoms with van der Waals surface area (Å²) in [7, 11) is -3.49. The SMILES string of the molecule is Cc1ccc(CNC(=O)c2ccc(S(=O)(=O)NC3CC3)cc2)c(C)c1. The summed E-state index contributed by atoms with van der Waals surface area (Å²) in [6.45, 7) is 4.48. The van der Waals surface area contributed by atoms with Crippen molar-refractivity contribution in [2.45, 2.75) is 44.2 Å². The summed E-state index contributed by atoms with van der Waals surface area (Å²) >= 11 is 0. The summed E-state index contributed by atoms with van der Waals surface area (Å²) in [5.74, 6) is -0.223. The van der Waals surface area contributed by atoms with Crippen LogP contribution in [0, 0.1) is 13.8 Å². The van der Waals surface area contributed by atoms with Gasteiger partial charge < -0.3 is 5.32 Å². The van der Waals surface area contributed by atoms with E-state index in [1.165, 1.54) is 17.7 Å². The zero-order valence-corrected chi connectivity index (χ0v) is 15.2. The van der Waals surface area contributed by atoms with Crippen molar-refractivity contribution in [3.63, 3.8) is 0 Å². The smallest absolute Gasteiger partial charge is 0.251 e. The van der Waals surface area contributed by atoms with E-state index in [1.807, 2.05) is 26.0 Å². The van der Waals surface area contributed by atoms with Gasteiger partial charge in [0.2, 0.25) is 10.0 Å². The van der Waals surface area contributed by atoms with Gasteiger partial charge in [-0.3, -0.25) is 4.79 Å². The molecule has 2 N–H and O–H groups in total. The number of hydrogen-bond donors (Lipinski definition) is 2. The van der Waals surface area contributed by atoms with E-state index in [2.05, 4.69) is 16.1 Å². The molecule has 0 unspecified atom stereocenters. The highest BCUT2D eigenvalue weighted by Gasteiger charge is 2.27. The fourth-order valence-electron chi connectivity index (χ4n) is 2.60. The van der Waals surface area contributed by atoms with Crippen LogP contribution in [-0.2, 0) is 16.6 Å². The molecule has 1 amide bonds. The molecule has 25 heavy (non-hydrogen) atoms. The second kappa shape index (κ2) is 6.98. The van der Waals surface area contributed by atoms with Crippen molar-refractivity contribution < 1.29 is 13.2 Å². The first kappa shape index (κ1) is 17.6. The molecule has 0 atom stereocenters. The Morgan fingerprint density at radius 3 is 2.36 bits per heavy atom. The number of hydrogen-bond acceptors (Lipinski definition) is 3. The van der Waals surface area contributed by atoms with Gasteiger partial charge in [0.05, 0.1) is 4.90 Å². The van der Waals surface area contributed by atoms with Crippen molar-refractivity contribution in [2.24, 2.45) is 0 Å². The van der Waals surface area contributed by atoms with Gasteiger partial charge in [0.25, 0.3) is 5.91 Å². The average molecular weight is 358 g/mol. The predicted molar refractivity (Wildman–Crippen MR) is 96.9 cm³/mol. The molecule has 5 nitrogen and oxygen atoms in total. The Morgan fingerprint density at radius 1 is 1.08 bits per heavy atom. The molecule has 1 fully saturated rings. The third-order valence-corrected chi connectivity index (χ3v) is 5.80. The number of carbonyl (C=O) groups excluding carboxylic acids is 1. The van der Waals surface area contributed by atoms with Gasteiger partial charge in [0.1, 0.15) is 0 Å². The Bertz CT molecular complexity index is 885. The number of nitrogens with one attached hydrogen (secondary N) is 2. The van der Waals surface area contributed by atoms with Crippen molar-refractivity contribution in [1.29, 1.82) is 0 Å². The van der Waals surface area contributed by atoms with Gasteiger partial charge >= 0.3 is 0 Å². The minimum Gasteiger partial charge on any atom is -0.348 e. The fraction of sp³-hybridized carbons (Fsp3) is 0.316. The van der Waals surface area contributed by atoms with Crippen molar-refractivity contribution in [2.75, 3.05) is 0 Å². The molecule has 0 bridgehead atoms. The second-order valence-corrected chi connectivity index (χ2v) is 8.25. The molecule has 0 saturated heterocycles. The van der Waals surface area contributed by atoms with Crippen molar-refractivity contribution >= 4 is 15.9 Å². The van der Waals surface area contributed by atoms with E-state index >= 15 is 0 Å². The Balaban J connectivity index is 1.64. The van der Waals surface area contributed by atoms with E-state index in [9.17, 15) is 13.2 Å². The highest BCUT2D eigenvalue weighted by molar-refractivity contribution is 7.89. The number of rotatable bonds is 6. The van der Waals surface area contributed by atoms with Crippen LogP contribution < -0.4 is 10.0 Å². The molecule has 0 aromatic heterocycles. The average Bonchev–Trinajstić information content (AvgIpc) is 3.37. The van der Waals surface area contributed by atoms with Gasteiger partial charge in [-0.25, -0.2) is 13.1 Å². The molecule has 1 aliphatic carbocycles. The fourth-order valence-corrected chi connectivity index (χ4v) is 3.90. The van der Waals surface area contributed by atoms with Crippen LogP contribution in [0.25, 0.3) is 0 Å². The van der Waals surface area contributed by atoms with Crippen LogP contribution in [0.1, 0.15) is 39.9 Å². The number of benzene rings is 2. The molecule has 1 saturated carbocycles. The van der Waals surface area contributed by atoms with Crippen molar-refractivity contribution in [3.8, 4) is 0 Å². The molecule has 0 heterocycles. The van der Waals surface area contributed by atoms with Gasteiger partial charge in [0.15, 0.2) is 0 Å². The van der Waals surface area contributed by atoms with E-state index in [1.54, 1.807) is 12.1 Å². The Morgan fingerprint density at radius 2 is 1.76 bits per heavy atom. The lowest BCUT2D eigenvalue weighted by Crippen LogP contribution is -2.26. The summed E-state index contributed by atoms with van der Waals surface area (Å²) in [4.78, 5) is 12.5. The maximum atomic E-state index is 12.3. The van der Waals surface area contributed by atoms with E-state index in [-0.39, 0.29) is 16.8 Å². The molecule has 2 aromatic rings. The largest absolute Gasteiger partial charge is 0.348 e. The lowest BCUT2D eigenvalue weighted by molar-refractivity contribution is 0.0951. The van der Waals surface area contributed by atoms with Crippen LogP contribution in [0.2, 0.25) is 0 Å². The zero-order chi connectivity index (χ0) is 18.0. The first-order chi connectivity index (χ1) is 11.8. The maximum absolute atomic E-state index is 12.3. The van der Waals surface area contributed by atoms with Gasteiger partial charge in [-0.05, 0) is 62.1 Å². The van der Waals surface area contributed by atoms with Crippen molar-refractivity contribution in [3.05, 3.63) is 64.7 Å². The van der Waals surface area contributed by atoms with Crippen LogP contribution in [0.5, 0.6) is 0 Å². The maximum Gasteiger partial charge on any atom is 0.251 e. The number of carbonyl (C=O) groups is 1. The summed E-state index contributed by atoms with van der Waals surface area (Å²) in [5.41, 5.74) is 3.82. The number of amides is 1. The highest BCUT2D eigenvalue weighted by Crippen LogP contribution is 2.22. The molecule has 6 heteroatoms. The third kappa shape index (κ3) is 4.46. The standard InChI is InChI=1S/C19H22N2O3S/c1-13-3-4-16(14(2)11-13)12-20-19(22)15-5-9-18(10-6-15)25(23,24)21-17-7-8-17/h3-6,9-11,17,21H,7-8,12H2,1-2H3,(H,20,22). The lowest BCUT2D eigenvalue weighted by Gasteiger charge is -2.10. The third-order valence-electron chi connectivity index (χ3n) is 4.26. The highest BCUT2D eigenvalue weighted by atomic mass is 32.2. The van der Waals surface area contributed by atoms with E-state index in [4.69, 9.17) is 0 Å². The normalized spacial score (nSPS) is 14.3. The van der Waals surface area contributed by atoms with Crippen LogP contribution >= 0.6 is 0 Å². The molecule has 3 rings (SSSR count). The number of sulfonamides is 1. The zero-order valence-electron chi connectivity index (χ0n) is 14.4. The number of aryl methyl sites for hydroxylation is 2. The lowest BCUT2D eigenvalue weighted by atomic mass is 10.1. The van der Waals surface area contributed by atoms with Crippen molar-refractivity contribution in [1.82, 2.24) is 10.0 Å². The van der Waals surface area contributed by atoms with Crippen LogP contribution in [0.3, 0.4) is 0 Å². The monoisotopic (exact) mass is 358 g/mol. The summed E-state index contributed by atoms with van der Waals surface area (Å²) in [6, 6.07) is 12.2. The Labute approximate surface area is 148 Å². The molecule has 0 spiro atoms. The van der Waals surface area contributed by atoms with Gasteiger partial charge in [-0.1, -0.05) is 23.8 Å². The quantitative estimate of drug-likeness (QED) is 0.834. The van der Waals surface area contributed by atoms with Gasteiger partial charge in [-0.2, -0.15) is 0 Å². The minimum absolute atomic E-state index is 0.0609. The molecule has 0 radical (unpaired) electrons. The first-order valence-electron chi connectivity index (χ1n) is 8.32. The van der Waals surface area contributed by atoms with E-state index < -0.39 is 10.0 Å². The van der Waals surface area contributed by atoms with E-state index in [0.29, 0.717) is 12.1 Å². The Kier molecular flexibility index (Phi) is 4.92. The molecular formula is C19H22N2O3S. The molecule has 2 aromatic carbocycles. The predicted octanol–water partition coefficient (Wildman–Crippen LogP) is 2.67. The van der Waals surface area contributed by atoms with Crippen LogP contribution in [0.15, 0.2) is 47.4 Å². The Hall–Kier alpha value is -2.18. The van der Waals surface area contributed by atoms with Crippen LogP contribution in [-0.4, -0.2) is 20.4 Å². The molecule has 1 aliphatic rings. The summed E-state index contributed by atoms with van der Waals surface area (Å²) < 4.78 is 26.9. The molecule has 0 aliphatic heterocycles. The molecular weight excluding hydrogens is 336 g/mol. The van der Waals surface area contributed by atoms with Crippen LogP contribution in [0.4, 0.5) is 0 Å². The summed E-state index contributed by atoms with van der Waals surface area (Å²) in [5, 5.41) is 2.87. The molecule has 132 valence electrons. The second-order valence-electron chi connectivity index (χ2n) is 6.53. The first-order valence-corrected chi connectivity index (χ1v) is 9.80.